The zero-order chi connectivity index (χ0) is 11.8. The molecule has 1 unspecified atom stereocenters. The Hall–Kier alpha value is -0.610. The Morgan fingerprint density at radius 2 is 2.19 bits per heavy atom. The molecule has 0 aromatic rings. The lowest BCUT2D eigenvalue weighted by molar-refractivity contribution is -0.122. The lowest BCUT2D eigenvalue weighted by atomic mass is 10.0. The summed E-state index contributed by atoms with van der Waals surface area (Å²) in [5, 5.41) is 12.1. The molecule has 0 aliphatic heterocycles. The molecule has 1 amide bonds. The number of nitrogens with one attached hydrogen (secondary N) is 1. The fraction of sp³-hybridized carbons (Fsp3) is 0.917. The number of aliphatic hydroxyl groups excluding tert-OH is 1. The summed E-state index contributed by atoms with van der Waals surface area (Å²) in [5.41, 5.74) is 0. The van der Waals surface area contributed by atoms with E-state index in [1.807, 2.05) is 0 Å². The molecule has 0 spiro atoms. The highest BCUT2D eigenvalue weighted by molar-refractivity contribution is 5.75. The van der Waals surface area contributed by atoms with Crippen LogP contribution in [0.25, 0.3) is 0 Å². The Balaban J connectivity index is 2.01. The van der Waals surface area contributed by atoms with Gasteiger partial charge in [0.25, 0.3) is 0 Å². The van der Waals surface area contributed by atoms with E-state index in [9.17, 15) is 9.90 Å². The predicted molar refractivity (Wildman–Crippen MR) is 62.1 cm³/mol. The second kappa shape index (κ2) is 7.63. The first-order valence-corrected chi connectivity index (χ1v) is 6.16. The van der Waals surface area contributed by atoms with Gasteiger partial charge in [-0.1, -0.05) is 25.7 Å². The van der Waals surface area contributed by atoms with E-state index < -0.39 is 6.10 Å². The number of hydrogen-bond acceptors (Lipinski definition) is 3. The average molecular weight is 229 g/mol. The monoisotopic (exact) mass is 229 g/mol. The molecule has 0 aromatic carbocycles. The second-order valence-electron chi connectivity index (χ2n) is 4.60. The minimum atomic E-state index is -0.597. The minimum Gasteiger partial charge on any atom is -0.389 e. The zero-order valence-corrected chi connectivity index (χ0v) is 10.1. The van der Waals surface area contributed by atoms with Crippen molar-refractivity contribution < 1.29 is 14.6 Å². The number of carbonyl (C=O) groups excluding carboxylic acids is 1. The van der Waals surface area contributed by atoms with E-state index in [0.717, 1.165) is 12.3 Å². The Morgan fingerprint density at radius 3 is 2.81 bits per heavy atom. The molecule has 4 nitrogen and oxygen atoms in total. The van der Waals surface area contributed by atoms with Crippen LogP contribution < -0.4 is 5.32 Å². The number of aliphatic hydroxyl groups is 1. The molecule has 4 heteroatoms. The Bertz CT molecular complexity index is 202. The van der Waals surface area contributed by atoms with E-state index in [-0.39, 0.29) is 19.1 Å². The molecule has 1 aliphatic rings. The summed E-state index contributed by atoms with van der Waals surface area (Å²) in [6.45, 7) is 0.556. The summed E-state index contributed by atoms with van der Waals surface area (Å²) >= 11 is 0. The molecule has 94 valence electrons. The normalized spacial score (nSPS) is 18.6. The van der Waals surface area contributed by atoms with Gasteiger partial charge in [-0.05, 0) is 12.3 Å². The van der Waals surface area contributed by atoms with Gasteiger partial charge < -0.3 is 15.2 Å². The molecule has 1 saturated carbocycles. The van der Waals surface area contributed by atoms with Crippen LogP contribution in [0.5, 0.6) is 0 Å². The quantitative estimate of drug-likeness (QED) is 0.687. The summed E-state index contributed by atoms with van der Waals surface area (Å²) in [5.74, 6) is 0.789. The Morgan fingerprint density at radius 1 is 1.50 bits per heavy atom. The topological polar surface area (TPSA) is 58.6 Å². The molecule has 0 saturated heterocycles. The van der Waals surface area contributed by atoms with Crippen molar-refractivity contribution in [2.75, 3.05) is 20.3 Å². The van der Waals surface area contributed by atoms with Crippen molar-refractivity contribution in [2.24, 2.45) is 5.92 Å². The van der Waals surface area contributed by atoms with Crippen molar-refractivity contribution in [3.8, 4) is 0 Å². The number of rotatable bonds is 7. The van der Waals surface area contributed by atoms with Crippen molar-refractivity contribution in [2.45, 2.75) is 44.6 Å². The largest absolute Gasteiger partial charge is 0.389 e. The molecule has 1 atom stereocenters. The molecule has 0 bridgehead atoms. The highest BCUT2D eigenvalue weighted by atomic mass is 16.5. The van der Waals surface area contributed by atoms with Crippen LogP contribution >= 0.6 is 0 Å². The van der Waals surface area contributed by atoms with Crippen molar-refractivity contribution in [3.63, 3.8) is 0 Å². The number of hydrogen-bond donors (Lipinski definition) is 2. The van der Waals surface area contributed by atoms with E-state index >= 15 is 0 Å². The van der Waals surface area contributed by atoms with Crippen molar-refractivity contribution >= 4 is 5.91 Å². The van der Waals surface area contributed by atoms with Gasteiger partial charge in [-0.3, -0.25) is 4.79 Å². The van der Waals surface area contributed by atoms with Crippen molar-refractivity contribution in [1.82, 2.24) is 5.32 Å². The van der Waals surface area contributed by atoms with Crippen molar-refractivity contribution in [1.29, 1.82) is 0 Å². The summed E-state index contributed by atoms with van der Waals surface area (Å²) in [6, 6.07) is 0. The number of carbonyl (C=O) groups is 1. The van der Waals surface area contributed by atoms with Crippen LogP contribution in [-0.2, 0) is 9.53 Å². The number of amides is 1. The molecular formula is C12H23NO3. The SMILES string of the molecule is COCC(O)CNC(=O)CCC1CCCC1. The van der Waals surface area contributed by atoms with Gasteiger partial charge in [0.1, 0.15) is 0 Å². The zero-order valence-electron chi connectivity index (χ0n) is 10.1. The molecule has 0 heterocycles. The molecule has 0 radical (unpaired) electrons. The van der Waals surface area contributed by atoms with Crippen LogP contribution in [0.4, 0.5) is 0 Å². The lowest BCUT2D eigenvalue weighted by Crippen LogP contribution is -2.34. The Labute approximate surface area is 97.4 Å². The van der Waals surface area contributed by atoms with Crippen LogP contribution in [0.2, 0.25) is 0 Å². The van der Waals surface area contributed by atoms with Gasteiger partial charge in [0.05, 0.1) is 12.7 Å². The minimum absolute atomic E-state index is 0.0436. The van der Waals surface area contributed by atoms with Gasteiger partial charge in [-0.15, -0.1) is 0 Å². The smallest absolute Gasteiger partial charge is 0.220 e. The molecule has 2 N–H and O–H groups in total. The summed E-state index contributed by atoms with van der Waals surface area (Å²) in [4.78, 5) is 11.4. The standard InChI is InChI=1S/C12H23NO3/c1-16-9-11(14)8-13-12(15)7-6-10-4-2-3-5-10/h10-11,14H,2-9H2,1H3,(H,13,15). The highest BCUT2D eigenvalue weighted by Gasteiger charge is 2.16. The first kappa shape index (κ1) is 13.5. The molecule has 0 aromatic heterocycles. The van der Waals surface area contributed by atoms with E-state index in [0.29, 0.717) is 6.42 Å². The van der Waals surface area contributed by atoms with Crippen LogP contribution in [0.1, 0.15) is 38.5 Å². The number of ether oxygens (including phenoxy) is 1. The second-order valence-corrected chi connectivity index (χ2v) is 4.60. The molecular weight excluding hydrogens is 206 g/mol. The third-order valence-corrected chi connectivity index (χ3v) is 3.15. The third-order valence-electron chi connectivity index (χ3n) is 3.15. The maximum Gasteiger partial charge on any atom is 0.220 e. The molecule has 1 rings (SSSR count). The average Bonchev–Trinajstić information content (AvgIpc) is 2.77. The van der Waals surface area contributed by atoms with E-state index in [1.54, 1.807) is 0 Å². The maximum atomic E-state index is 11.4. The van der Waals surface area contributed by atoms with Gasteiger partial charge in [0.15, 0.2) is 0 Å². The van der Waals surface area contributed by atoms with Crippen LogP contribution in [0.3, 0.4) is 0 Å². The molecule has 1 fully saturated rings. The van der Waals surface area contributed by atoms with Gasteiger partial charge in [-0.2, -0.15) is 0 Å². The summed E-state index contributed by atoms with van der Waals surface area (Å²) in [7, 11) is 1.53. The van der Waals surface area contributed by atoms with Crippen LogP contribution in [0.15, 0.2) is 0 Å². The first-order chi connectivity index (χ1) is 7.72. The summed E-state index contributed by atoms with van der Waals surface area (Å²) in [6.07, 6.45) is 6.17. The maximum absolute atomic E-state index is 11.4. The van der Waals surface area contributed by atoms with Crippen molar-refractivity contribution in [3.05, 3.63) is 0 Å². The fourth-order valence-electron chi connectivity index (χ4n) is 2.21. The van der Waals surface area contributed by atoms with Gasteiger partial charge in [0.2, 0.25) is 5.91 Å². The Kier molecular flexibility index (Phi) is 6.42. The summed E-state index contributed by atoms with van der Waals surface area (Å²) < 4.78 is 4.78. The van der Waals surface area contributed by atoms with Gasteiger partial charge in [0, 0.05) is 20.1 Å². The third kappa shape index (κ3) is 5.47. The molecule has 16 heavy (non-hydrogen) atoms. The van der Waals surface area contributed by atoms with E-state index in [1.165, 1.54) is 32.8 Å². The fourth-order valence-corrected chi connectivity index (χ4v) is 2.21. The molecule has 1 aliphatic carbocycles. The number of methoxy groups -OCH3 is 1. The van der Waals surface area contributed by atoms with Gasteiger partial charge >= 0.3 is 0 Å². The highest BCUT2D eigenvalue weighted by Crippen LogP contribution is 2.28. The van der Waals surface area contributed by atoms with E-state index in [4.69, 9.17) is 4.74 Å². The van der Waals surface area contributed by atoms with Gasteiger partial charge in [-0.25, -0.2) is 0 Å². The van der Waals surface area contributed by atoms with Crippen LogP contribution in [0, 0.1) is 5.92 Å². The van der Waals surface area contributed by atoms with E-state index in [2.05, 4.69) is 5.32 Å². The lowest BCUT2D eigenvalue weighted by Gasteiger charge is -2.12. The van der Waals surface area contributed by atoms with Crippen LogP contribution in [-0.4, -0.2) is 37.4 Å². The first-order valence-electron chi connectivity index (χ1n) is 6.16. The predicted octanol–water partition coefficient (Wildman–Crippen LogP) is 1.08.